The highest BCUT2D eigenvalue weighted by atomic mass is 35.7. The van der Waals surface area contributed by atoms with Crippen molar-refractivity contribution in [2.24, 2.45) is 11.3 Å². The molecule has 2 fully saturated rings. The lowest BCUT2D eigenvalue weighted by Gasteiger charge is -2.14. The molecule has 0 radical (unpaired) electrons. The van der Waals surface area contributed by atoms with E-state index in [9.17, 15) is 13.2 Å². The summed E-state index contributed by atoms with van der Waals surface area (Å²) in [5.41, 5.74) is 0.478. The van der Waals surface area contributed by atoms with Gasteiger partial charge in [0.15, 0.2) is 5.69 Å². The fraction of sp³-hybridized carbons (Fsp3) is 0.692. The Balaban J connectivity index is 1.77. The van der Waals surface area contributed by atoms with E-state index in [2.05, 4.69) is 15.5 Å². The van der Waals surface area contributed by atoms with Crippen LogP contribution in [0.2, 0.25) is 0 Å². The fourth-order valence-corrected chi connectivity index (χ4v) is 4.30. The minimum Gasteiger partial charge on any atom is -0.350 e. The summed E-state index contributed by atoms with van der Waals surface area (Å²) in [5, 5.41) is 9.25. The predicted octanol–water partition coefficient (Wildman–Crippen LogP) is 1.82. The Labute approximate surface area is 128 Å². The van der Waals surface area contributed by atoms with Crippen molar-refractivity contribution >= 4 is 25.6 Å². The van der Waals surface area contributed by atoms with E-state index in [1.165, 1.54) is 12.8 Å². The number of aryl methyl sites for hydroxylation is 1. The minimum absolute atomic E-state index is 0.131. The van der Waals surface area contributed by atoms with Crippen molar-refractivity contribution < 1.29 is 13.2 Å². The van der Waals surface area contributed by atoms with Crippen molar-refractivity contribution in [1.29, 1.82) is 0 Å². The number of nitrogens with one attached hydrogen (secondary N) is 2. The number of carbonyl (C=O) groups is 1. The van der Waals surface area contributed by atoms with E-state index in [0.29, 0.717) is 18.7 Å². The lowest BCUT2D eigenvalue weighted by atomic mass is 10.0. The Bertz CT molecular complexity index is 675. The molecule has 2 N–H and O–H groups in total. The lowest BCUT2D eigenvalue weighted by Crippen LogP contribution is -2.32. The smallest absolute Gasteiger partial charge is 0.273 e. The van der Waals surface area contributed by atoms with Gasteiger partial charge in [0.1, 0.15) is 4.90 Å². The van der Waals surface area contributed by atoms with Crippen LogP contribution in [-0.4, -0.2) is 31.1 Å². The molecular weight excluding hydrogens is 314 g/mol. The van der Waals surface area contributed by atoms with Crippen LogP contribution in [0.5, 0.6) is 0 Å². The molecule has 2 aliphatic carbocycles. The highest BCUT2D eigenvalue weighted by molar-refractivity contribution is 8.13. The summed E-state index contributed by atoms with van der Waals surface area (Å²) in [7, 11) is 1.43. The summed E-state index contributed by atoms with van der Waals surface area (Å²) >= 11 is 0. The standard InChI is InChI=1S/C13H18ClN3O3S/c1-2-9-11(21(14,19)20)10(17-16-9)12(18)15-7-13(5-6-13)8-3-4-8/h8H,2-7H2,1H3,(H,15,18)(H,16,17). The molecule has 0 aromatic carbocycles. The van der Waals surface area contributed by atoms with E-state index in [4.69, 9.17) is 10.7 Å². The number of halogens is 1. The second kappa shape index (κ2) is 4.98. The van der Waals surface area contributed by atoms with Crippen molar-refractivity contribution in [2.75, 3.05) is 6.54 Å². The van der Waals surface area contributed by atoms with Gasteiger partial charge in [-0.1, -0.05) is 6.92 Å². The molecule has 0 atom stereocenters. The van der Waals surface area contributed by atoms with Gasteiger partial charge in [0, 0.05) is 17.2 Å². The average Bonchev–Trinajstić information content (AvgIpc) is 3.31. The van der Waals surface area contributed by atoms with Crippen LogP contribution in [0.25, 0.3) is 0 Å². The first-order valence-electron chi connectivity index (χ1n) is 7.17. The topological polar surface area (TPSA) is 91.9 Å². The molecule has 0 unspecified atom stereocenters. The van der Waals surface area contributed by atoms with Gasteiger partial charge in [-0.05, 0) is 43.4 Å². The molecule has 0 bridgehead atoms. The molecule has 116 valence electrons. The van der Waals surface area contributed by atoms with Gasteiger partial charge in [0.2, 0.25) is 0 Å². The van der Waals surface area contributed by atoms with E-state index >= 15 is 0 Å². The number of H-pyrrole nitrogens is 1. The quantitative estimate of drug-likeness (QED) is 0.778. The van der Waals surface area contributed by atoms with E-state index in [0.717, 1.165) is 18.8 Å². The zero-order valence-corrected chi connectivity index (χ0v) is 13.4. The molecule has 1 aromatic rings. The number of hydrogen-bond donors (Lipinski definition) is 2. The van der Waals surface area contributed by atoms with Crippen LogP contribution in [0, 0.1) is 11.3 Å². The zero-order valence-electron chi connectivity index (χ0n) is 11.8. The monoisotopic (exact) mass is 331 g/mol. The first-order valence-corrected chi connectivity index (χ1v) is 9.48. The molecule has 2 saturated carbocycles. The van der Waals surface area contributed by atoms with E-state index in [1.807, 2.05) is 0 Å². The van der Waals surface area contributed by atoms with Crippen LogP contribution in [0.15, 0.2) is 4.90 Å². The highest BCUT2D eigenvalue weighted by Gasteiger charge is 2.53. The fourth-order valence-electron chi connectivity index (χ4n) is 2.95. The lowest BCUT2D eigenvalue weighted by molar-refractivity contribution is 0.0934. The van der Waals surface area contributed by atoms with Crippen molar-refractivity contribution in [1.82, 2.24) is 15.5 Å². The van der Waals surface area contributed by atoms with Crippen LogP contribution >= 0.6 is 10.7 Å². The molecular formula is C13H18ClN3O3S. The number of aromatic nitrogens is 2. The molecule has 1 amide bonds. The number of carbonyl (C=O) groups excluding carboxylic acids is 1. The Morgan fingerprint density at radius 2 is 2.14 bits per heavy atom. The van der Waals surface area contributed by atoms with Crippen molar-refractivity contribution in [2.45, 2.75) is 43.9 Å². The largest absolute Gasteiger partial charge is 0.350 e. The third-order valence-electron chi connectivity index (χ3n) is 4.54. The third-order valence-corrected chi connectivity index (χ3v) is 5.93. The van der Waals surface area contributed by atoms with Crippen LogP contribution in [0.3, 0.4) is 0 Å². The van der Waals surface area contributed by atoms with Crippen LogP contribution in [0.1, 0.15) is 48.8 Å². The van der Waals surface area contributed by atoms with E-state index in [-0.39, 0.29) is 16.0 Å². The number of hydrogen-bond acceptors (Lipinski definition) is 4. The van der Waals surface area contributed by atoms with Crippen LogP contribution in [-0.2, 0) is 15.5 Å². The summed E-state index contributed by atoms with van der Waals surface area (Å²) in [6.45, 7) is 2.36. The Hall–Kier alpha value is -1.08. The zero-order chi connectivity index (χ0) is 15.3. The molecule has 3 rings (SSSR count). The molecule has 0 aliphatic heterocycles. The third kappa shape index (κ3) is 2.81. The Morgan fingerprint density at radius 3 is 2.62 bits per heavy atom. The number of aromatic amines is 1. The second-order valence-corrected chi connectivity index (χ2v) is 8.49. The van der Waals surface area contributed by atoms with Gasteiger partial charge in [-0.2, -0.15) is 5.10 Å². The number of rotatable bonds is 6. The second-order valence-electron chi connectivity index (χ2n) is 5.99. The van der Waals surface area contributed by atoms with Crippen LogP contribution in [0.4, 0.5) is 0 Å². The SMILES string of the molecule is CCc1[nH]nc(C(=O)NCC2(C3CC3)CC2)c1S(=O)(=O)Cl. The normalized spacial score (nSPS) is 20.3. The predicted molar refractivity (Wildman–Crippen MR) is 77.7 cm³/mol. The summed E-state index contributed by atoms with van der Waals surface area (Å²) < 4.78 is 23.3. The van der Waals surface area contributed by atoms with E-state index < -0.39 is 15.0 Å². The van der Waals surface area contributed by atoms with Gasteiger partial charge in [0.25, 0.3) is 15.0 Å². The first kappa shape index (κ1) is 14.8. The van der Waals surface area contributed by atoms with Gasteiger partial charge in [-0.25, -0.2) is 8.42 Å². The first-order chi connectivity index (χ1) is 9.87. The maximum Gasteiger partial charge on any atom is 0.273 e. The van der Waals surface area contributed by atoms with Gasteiger partial charge in [-0.15, -0.1) is 0 Å². The summed E-state index contributed by atoms with van der Waals surface area (Å²) in [4.78, 5) is 12.0. The molecule has 21 heavy (non-hydrogen) atoms. The molecule has 0 spiro atoms. The molecule has 1 aromatic heterocycles. The van der Waals surface area contributed by atoms with Gasteiger partial charge in [-0.3, -0.25) is 9.89 Å². The van der Waals surface area contributed by atoms with Crippen molar-refractivity contribution in [3.8, 4) is 0 Å². The summed E-state index contributed by atoms with van der Waals surface area (Å²) in [6, 6.07) is 0. The van der Waals surface area contributed by atoms with Crippen molar-refractivity contribution in [3.63, 3.8) is 0 Å². The number of amides is 1. The minimum atomic E-state index is -4.00. The van der Waals surface area contributed by atoms with Crippen molar-refractivity contribution in [3.05, 3.63) is 11.4 Å². The molecule has 0 saturated heterocycles. The van der Waals surface area contributed by atoms with Gasteiger partial charge < -0.3 is 5.32 Å². The average molecular weight is 332 g/mol. The Kier molecular flexibility index (Phi) is 3.52. The maximum atomic E-state index is 12.2. The highest BCUT2D eigenvalue weighted by Crippen LogP contribution is 2.60. The van der Waals surface area contributed by atoms with Crippen LogP contribution < -0.4 is 5.32 Å². The molecule has 2 aliphatic rings. The van der Waals surface area contributed by atoms with Gasteiger partial charge >= 0.3 is 0 Å². The summed E-state index contributed by atoms with van der Waals surface area (Å²) in [6.07, 6.45) is 5.16. The van der Waals surface area contributed by atoms with E-state index in [1.54, 1.807) is 6.92 Å². The number of nitrogens with zero attached hydrogens (tertiary/aromatic N) is 1. The Morgan fingerprint density at radius 1 is 1.48 bits per heavy atom. The molecule has 1 heterocycles. The van der Waals surface area contributed by atoms with Gasteiger partial charge in [0.05, 0.1) is 5.69 Å². The summed E-state index contributed by atoms with van der Waals surface area (Å²) in [5.74, 6) is 0.247. The maximum absolute atomic E-state index is 12.2. The molecule has 6 nitrogen and oxygen atoms in total. The molecule has 8 heteroatoms.